The molecule has 2 atom stereocenters. The maximum atomic E-state index is 10.6. The molecule has 0 saturated carbocycles. The smallest absolute Gasteiger partial charge is 0.323 e. The van der Waals surface area contributed by atoms with Crippen molar-refractivity contribution in [1.29, 1.82) is 0 Å². The molecule has 1 heterocycles. The third-order valence-corrected chi connectivity index (χ3v) is 2.93. The van der Waals surface area contributed by atoms with Gasteiger partial charge in [0.15, 0.2) is 0 Å². The van der Waals surface area contributed by atoms with Gasteiger partial charge in [0.1, 0.15) is 6.04 Å². The fraction of sp³-hybridized carbons (Fsp3) is 0.833. The summed E-state index contributed by atoms with van der Waals surface area (Å²) in [5, 5.41) is 18.7. The number of carboxylic acids is 1. The lowest BCUT2D eigenvalue weighted by Gasteiger charge is -2.31. The van der Waals surface area contributed by atoms with Crippen molar-refractivity contribution in [2.75, 3.05) is 11.6 Å². The minimum atomic E-state index is -0.944. The predicted octanol–water partition coefficient (Wildman–Crippen LogP) is 0.471. The van der Waals surface area contributed by atoms with E-state index in [1.165, 1.54) is 0 Å². The van der Waals surface area contributed by atoms with E-state index in [-0.39, 0.29) is 5.92 Å². The molecule has 0 radical (unpaired) electrons. The average molecular weight is 177 g/mol. The molecule has 0 bridgehead atoms. The van der Waals surface area contributed by atoms with Gasteiger partial charge in [0.2, 0.25) is 0 Å². The number of nitrogens with zero attached hydrogens (tertiary/aromatic N) is 1. The highest BCUT2D eigenvalue weighted by Gasteiger charge is 2.33. The van der Waals surface area contributed by atoms with E-state index in [2.05, 4.69) is 0 Å². The Hall–Kier alpha value is -0.260. The molecular formula is C6H11NO3S. The Morgan fingerprint density at radius 2 is 2.36 bits per heavy atom. The summed E-state index contributed by atoms with van der Waals surface area (Å²) in [5.41, 5.74) is 0. The first-order chi connectivity index (χ1) is 5.13. The first-order valence-corrected chi connectivity index (χ1v) is 4.54. The number of carboxylic acid groups (broad SMARTS) is 1. The number of hydroxylamine groups is 2. The minimum absolute atomic E-state index is 0.0104. The molecule has 1 rings (SSSR count). The summed E-state index contributed by atoms with van der Waals surface area (Å²) in [6.45, 7) is 1.83. The number of hydrogen-bond acceptors (Lipinski definition) is 4. The van der Waals surface area contributed by atoms with Crippen LogP contribution in [-0.2, 0) is 4.79 Å². The molecule has 0 aromatic rings. The maximum Gasteiger partial charge on any atom is 0.323 e. The molecule has 1 fully saturated rings. The SMILES string of the molecule is CC1CSCN(O)C1C(=O)O. The summed E-state index contributed by atoms with van der Waals surface area (Å²) in [7, 11) is 0. The van der Waals surface area contributed by atoms with Crippen molar-refractivity contribution >= 4 is 17.7 Å². The second-order valence-corrected chi connectivity index (χ2v) is 3.70. The van der Waals surface area contributed by atoms with Gasteiger partial charge in [-0.25, -0.2) is 0 Å². The lowest BCUT2D eigenvalue weighted by atomic mass is 10.0. The van der Waals surface area contributed by atoms with Crippen LogP contribution in [0.4, 0.5) is 0 Å². The van der Waals surface area contributed by atoms with Crippen LogP contribution in [0.25, 0.3) is 0 Å². The fourth-order valence-electron chi connectivity index (χ4n) is 1.17. The summed E-state index contributed by atoms with van der Waals surface area (Å²) < 4.78 is 0. The van der Waals surface area contributed by atoms with E-state index in [1.807, 2.05) is 6.92 Å². The van der Waals surface area contributed by atoms with E-state index >= 15 is 0 Å². The van der Waals surface area contributed by atoms with Crippen LogP contribution >= 0.6 is 11.8 Å². The quantitative estimate of drug-likeness (QED) is 0.609. The van der Waals surface area contributed by atoms with E-state index < -0.39 is 12.0 Å². The van der Waals surface area contributed by atoms with E-state index in [9.17, 15) is 4.79 Å². The Morgan fingerprint density at radius 3 is 2.73 bits per heavy atom. The van der Waals surface area contributed by atoms with Gasteiger partial charge in [0, 0.05) is 0 Å². The molecule has 2 N–H and O–H groups in total. The standard InChI is InChI=1S/C6H11NO3S/c1-4-2-11-3-7(10)5(4)6(8)9/h4-5,10H,2-3H2,1H3,(H,8,9). The van der Waals surface area contributed by atoms with Crippen molar-refractivity contribution in [3.8, 4) is 0 Å². The fourth-order valence-corrected chi connectivity index (χ4v) is 2.18. The van der Waals surface area contributed by atoms with Gasteiger partial charge in [-0.3, -0.25) is 4.79 Å². The molecule has 11 heavy (non-hydrogen) atoms. The molecule has 0 aromatic heterocycles. The van der Waals surface area contributed by atoms with E-state index in [4.69, 9.17) is 10.3 Å². The van der Waals surface area contributed by atoms with Gasteiger partial charge in [0.25, 0.3) is 0 Å². The molecular weight excluding hydrogens is 166 g/mol. The monoisotopic (exact) mass is 177 g/mol. The summed E-state index contributed by atoms with van der Waals surface area (Å²) >= 11 is 1.54. The third-order valence-electron chi connectivity index (χ3n) is 1.72. The lowest BCUT2D eigenvalue weighted by molar-refractivity contribution is -0.170. The number of carbonyl (C=O) groups is 1. The highest BCUT2D eigenvalue weighted by Crippen LogP contribution is 2.23. The van der Waals surface area contributed by atoms with Crippen LogP contribution in [0.1, 0.15) is 6.92 Å². The van der Waals surface area contributed by atoms with E-state index in [0.717, 1.165) is 10.8 Å². The van der Waals surface area contributed by atoms with Gasteiger partial charge in [-0.1, -0.05) is 6.92 Å². The number of rotatable bonds is 1. The normalized spacial score (nSPS) is 33.6. The van der Waals surface area contributed by atoms with Crippen molar-refractivity contribution in [2.45, 2.75) is 13.0 Å². The van der Waals surface area contributed by atoms with Crippen LogP contribution in [0.3, 0.4) is 0 Å². The van der Waals surface area contributed by atoms with E-state index in [0.29, 0.717) is 5.88 Å². The van der Waals surface area contributed by atoms with Crippen molar-refractivity contribution in [1.82, 2.24) is 5.06 Å². The summed E-state index contributed by atoms with van der Waals surface area (Å²) in [6, 6.07) is -0.726. The first kappa shape index (κ1) is 8.83. The molecule has 0 amide bonds. The average Bonchev–Trinajstić information content (AvgIpc) is 1.85. The second kappa shape index (κ2) is 3.42. The maximum absolute atomic E-state index is 10.6. The van der Waals surface area contributed by atoms with Gasteiger partial charge >= 0.3 is 5.97 Å². The largest absolute Gasteiger partial charge is 0.480 e. The summed E-state index contributed by atoms with van der Waals surface area (Å²) in [6.07, 6.45) is 0. The minimum Gasteiger partial charge on any atom is -0.480 e. The molecule has 1 saturated heterocycles. The molecule has 1 aliphatic rings. The van der Waals surface area contributed by atoms with Crippen molar-refractivity contribution < 1.29 is 15.1 Å². The zero-order chi connectivity index (χ0) is 8.43. The highest BCUT2D eigenvalue weighted by atomic mass is 32.2. The van der Waals surface area contributed by atoms with Crippen molar-refractivity contribution in [2.24, 2.45) is 5.92 Å². The summed E-state index contributed by atoms with van der Waals surface area (Å²) in [4.78, 5) is 10.6. The molecule has 1 aliphatic heterocycles. The molecule has 0 aliphatic carbocycles. The molecule has 0 aromatic carbocycles. The van der Waals surface area contributed by atoms with Crippen LogP contribution in [0.5, 0.6) is 0 Å². The van der Waals surface area contributed by atoms with Gasteiger partial charge in [-0.05, 0) is 11.7 Å². The van der Waals surface area contributed by atoms with Crippen LogP contribution in [0, 0.1) is 5.92 Å². The Kier molecular flexibility index (Phi) is 2.75. The van der Waals surface area contributed by atoms with Gasteiger partial charge in [-0.15, -0.1) is 11.8 Å². The predicted molar refractivity (Wildman–Crippen MR) is 41.5 cm³/mol. The number of thioether (sulfide) groups is 1. The highest BCUT2D eigenvalue weighted by molar-refractivity contribution is 7.99. The lowest BCUT2D eigenvalue weighted by Crippen LogP contribution is -2.47. The zero-order valence-electron chi connectivity index (χ0n) is 6.23. The van der Waals surface area contributed by atoms with Gasteiger partial charge in [0.05, 0.1) is 5.88 Å². The third kappa shape index (κ3) is 1.85. The zero-order valence-corrected chi connectivity index (χ0v) is 7.04. The molecule has 0 spiro atoms. The Labute approximate surface area is 69.1 Å². The van der Waals surface area contributed by atoms with Crippen molar-refractivity contribution in [3.63, 3.8) is 0 Å². The Balaban J connectivity index is 2.62. The van der Waals surface area contributed by atoms with Crippen LogP contribution in [0.2, 0.25) is 0 Å². The Morgan fingerprint density at radius 1 is 1.73 bits per heavy atom. The molecule has 64 valence electrons. The molecule has 2 unspecified atom stereocenters. The van der Waals surface area contributed by atoms with Crippen LogP contribution in [-0.4, -0.2) is 39.0 Å². The Bertz CT molecular complexity index is 154. The number of aliphatic carboxylic acids is 1. The van der Waals surface area contributed by atoms with Gasteiger partial charge in [-0.2, -0.15) is 5.06 Å². The van der Waals surface area contributed by atoms with E-state index in [1.54, 1.807) is 11.8 Å². The number of hydrogen-bond donors (Lipinski definition) is 2. The van der Waals surface area contributed by atoms with Crippen LogP contribution in [0.15, 0.2) is 0 Å². The second-order valence-electron chi connectivity index (χ2n) is 2.70. The van der Waals surface area contributed by atoms with Crippen molar-refractivity contribution in [3.05, 3.63) is 0 Å². The molecule has 4 nitrogen and oxygen atoms in total. The molecule has 5 heteroatoms. The van der Waals surface area contributed by atoms with Crippen LogP contribution < -0.4 is 0 Å². The topological polar surface area (TPSA) is 60.8 Å². The first-order valence-electron chi connectivity index (χ1n) is 3.39. The van der Waals surface area contributed by atoms with Gasteiger partial charge < -0.3 is 10.3 Å². The summed E-state index contributed by atoms with van der Waals surface area (Å²) in [5.74, 6) is 0.256.